The second-order valence-corrected chi connectivity index (χ2v) is 9.67. The smallest absolute Gasteiger partial charge is 0.336 e. The Kier molecular flexibility index (Phi) is 14.8. The molecule has 2 aromatic rings. The van der Waals surface area contributed by atoms with Crippen molar-refractivity contribution >= 4 is 17.9 Å². The summed E-state index contributed by atoms with van der Waals surface area (Å²) in [6.07, 6.45) is 0.0305. The zero-order chi connectivity index (χ0) is 34.4. The Morgan fingerprint density at radius 3 is 1.20 bits per heavy atom. The van der Waals surface area contributed by atoms with Crippen LogP contribution in [0, 0.1) is 0 Å². The fourth-order valence-corrected chi connectivity index (χ4v) is 4.15. The van der Waals surface area contributed by atoms with E-state index in [2.05, 4.69) is 4.74 Å². The molecule has 0 saturated heterocycles. The number of unbranched alkanes of at least 4 members (excludes halogenated alkanes) is 1. The highest BCUT2D eigenvalue weighted by atomic mass is 16.5. The zero-order valence-electron chi connectivity index (χ0n) is 25.6. The summed E-state index contributed by atoms with van der Waals surface area (Å²) < 4.78 is 18.1. The van der Waals surface area contributed by atoms with Crippen molar-refractivity contribution in [2.24, 2.45) is 0 Å². The van der Waals surface area contributed by atoms with Crippen LogP contribution < -0.4 is 34.1 Å². The molecule has 0 unspecified atom stereocenters. The normalized spacial score (nSPS) is 11.0. The quantitative estimate of drug-likeness (QED) is 0.0821. The van der Waals surface area contributed by atoms with Gasteiger partial charge in [0.05, 0.1) is 65.8 Å². The summed E-state index contributed by atoms with van der Waals surface area (Å²) in [4.78, 5) is 113. The molecule has 2 rings (SSSR count). The number of carbonyl (C=O) groups is 3. The molecule has 2 aromatic heterocycles. The molecule has 0 amide bonds. The molecule has 2 N–H and O–H groups in total. The SMILES string of the molecule is CCCCOC(=O)CCn1c(=O)n(CCC(=O)OC)c(=O)n(CCC(=O)OCCn2c(=O)n(CCO)c(=O)n(CCO)c2=O)c1=O. The summed E-state index contributed by atoms with van der Waals surface area (Å²) >= 11 is 0. The maximum Gasteiger partial charge on any atom is 0.336 e. The molecule has 0 aliphatic carbocycles. The van der Waals surface area contributed by atoms with Crippen molar-refractivity contribution in [3.8, 4) is 0 Å². The summed E-state index contributed by atoms with van der Waals surface area (Å²) in [7, 11) is 1.10. The molecule has 0 aliphatic heterocycles. The lowest BCUT2D eigenvalue weighted by Gasteiger charge is -2.14. The summed E-state index contributed by atoms with van der Waals surface area (Å²) in [5, 5.41) is 18.4. The van der Waals surface area contributed by atoms with Crippen LogP contribution in [0.3, 0.4) is 0 Å². The first-order valence-corrected chi connectivity index (χ1v) is 14.4. The Bertz CT molecular complexity index is 1700. The number of aliphatic hydroxyl groups is 2. The molecular weight excluding hydrogens is 620 g/mol. The van der Waals surface area contributed by atoms with E-state index in [0.717, 1.165) is 13.5 Å². The fourth-order valence-electron chi connectivity index (χ4n) is 4.15. The minimum Gasteiger partial charge on any atom is -0.469 e. The number of ether oxygens (including phenoxy) is 3. The van der Waals surface area contributed by atoms with Crippen molar-refractivity contribution < 1.29 is 38.8 Å². The summed E-state index contributed by atoms with van der Waals surface area (Å²) in [6.45, 7) is -2.58. The molecule has 0 radical (unpaired) electrons. The topological polar surface area (TPSA) is 251 Å². The van der Waals surface area contributed by atoms with E-state index in [1.54, 1.807) is 0 Å². The minimum atomic E-state index is -1.13. The molecule has 0 aliphatic rings. The van der Waals surface area contributed by atoms with Crippen molar-refractivity contribution in [2.45, 2.75) is 78.3 Å². The van der Waals surface area contributed by atoms with Gasteiger partial charge in [-0.2, -0.15) is 0 Å². The van der Waals surface area contributed by atoms with Gasteiger partial charge in [0.25, 0.3) is 0 Å². The first kappa shape index (κ1) is 37.3. The third-order valence-corrected chi connectivity index (χ3v) is 6.60. The van der Waals surface area contributed by atoms with Gasteiger partial charge in [0.1, 0.15) is 6.61 Å². The number of nitrogens with zero attached hydrogens (tertiary/aromatic N) is 6. The van der Waals surface area contributed by atoms with Crippen LogP contribution in [-0.4, -0.2) is 89.1 Å². The Balaban J connectivity index is 2.26. The van der Waals surface area contributed by atoms with Crippen molar-refractivity contribution in [3.05, 3.63) is 62.9 Å². The standard InChI is InChI=1S/C26H38N6O14/c1-3-4-16-45-19(36)6-9-28-21(38)27(8-5-18(35)44-2)22(39)29(23(28)40)10-7-20(37)46-17-13-32-25(42)30(11-14-33)24(41)31(12-15-34)26(32)43/h33-34H,3-17H2,1-2H3. The maximum absolute atomic E-state index is 13.1. The van der Waals surface area contributed by atoms with E-state index in [0.29, 0.717) is 33.8 Å². The number of methoxy groups -OCH3 is 1. The molecule has 0 fully saturated rings. The lowest BCUT2D eigenvalue weighted by molar-refractivity contribution is -0.145. The highest BCUT2D eigenvalue weighted by Gasteiger charge is 2.19. The average molecular weight is 659 g/mol. The van der Waals surface area contributed by atoms with E-state index in [-0.39, 0.29) is 13.0 Å². The van der Waals surface area contributed by atoms with Crippen LogP contribution in [0.2, 0.25) is 0 Å². The first-order chi connectivity index (χ1) is 21.9. The van der Waals surface area contributed by atoms with Crippen molar-refractivity contribution in [1.29, 1.82) is 0 Å². The van der Waals surface area contributed by atoms with Crippen LogP contribution in [0.15, 0.2) is 28.8 Å². The van der Waals surface area contributed by atoms with Crippen LogP contribution in [0.5, 0.6) is 0 Å². The van der Waals surface area contributed by atoms with Gasteiger partial charge in [-0.3, -0.25) is 14.4 Å². The van der Waals surface area contributed by atoms with Gasteiger partial charge in [0, 0.05) is 19.6 Å². The number of esters is 3. The molecule has 0 spiro atoms. The third-order valence-electron chi connectivity index (χ3n) is 6.60. The molecule has 0 saturated carbocycles. The van der Waals surface area contributed by atoms with Gasteiger partial charge < -0.3 is 24.4 Å². The monoisotopic (exact) mass is 658 g/mol. The Hall–Kier alpha value is -4.85. The fraction of sp³-hybridized carbons (Fsp3) is 0.654. The van der Waals surface area contributed by atoms with Crippen LogP contribution in [0.25, 0.3) is 0 Å². The van der Waals surface area contributed by atoms with Gasteiger partial charge in [-0.25, -0.2) is 56.2 Å². The van der Waals surface area contributed by atoms with Gasteiger partial charge in [-0.15, -0.1) is 0 Å². The average Bonchev–Trinajstić information content (AvgIpc) is 3.02. The number of aliphatic hydroxyl groups excluding tert-OH is 2. The van der Waals surface area contributed by atoms with Crippen molar-refractivity contribution in [1.82, 2.24) is 27.4 Å². The van der Waals surface area contributed by atoms with Crippen molar-refractivity contribution in [3.63, 3.8) is 0 Å². The molecule has 20 nitrogen and oxygen atoms in total. The van der Waals surface area contributed by atoms with E-state index in [4.69, 9.17) is 9.47 Å². The van der Waals surface area contributed by atoms with Gasteiger partial charge in [0.15, 0.2) is 0 Å². The number of hydrogen-bond donors (Lipinski definition) is 2. The Morgan fingerprint density at radius 1 is 0.522 bits per heavy atom. The Morgan fingerprint density at radius 2 is 0.848 bits per heavy atom. The molecular formula is C26H38N6O14. The number of aromatic nitrogens is 6. The second-order valence-electron chi connectivity index (χ2n) is 9.67. The van der Waals surface area contributed by atoms with E-state index in [1.807, 2.05) is 6.92 Å². The van der Waals surface area contributed by atoms with Gasteiger partial charge >= 0.3 is 52.0 Å². The van der Waals surface area contributed by atoms with Gasteiger partial charge in [-0.05, 0) is 6.42 Å². The summed E-state index contributed by atoms with van der Waals surface area (Å²) in [6, 6.07) is 0. The minimum absolute atomic E-state index is 0.148. The molecule has 256 valence electrons. The molecule has 20 heteroatoms. The second kappa shape index (κ2) is 18.2. The first-order valence-electron chi connectivity index (χ1n) is 14.4. The Labute approximate surface area is 259 Å². The van der Waals surface area contributed by atoms with Crippen LogP contribution >= 0.6 is 0 Å². The number of carbonyl (C=O) groups excluding carboxylic acids is 3. The highest BCUT2D eigenvalue weighted by molar-refractivity contribution is 5.69. The highest BCUT2D eigenvalue weighted by Crippen LogP contribution is 1.95. The lowest BCUT2D eigenvalue weighted by Crippen LogP contribution is -2.55. The van der Waals surface area contributed by atoms with Crippen molar-refractivity contribution in [2.75, 3.05) is 33.5 Å². The van der Waals surface area contributed by atoms with E-state index >= 15 is 0 Å². The molecule has 0 bridgehead atoms. The van der Waals surface area contributed by atoms with Crippen LogP contribution in [0.4, 0.5) is 0 Å². The largest absolute Gasteiger partial charge is 0.469 e. The van der Waals surface area contributed by atoms with Crippen LogP contribution in [0.1, 0.15) is 39.0 Å². The van der Waals surface area contributed by atoms with E-state index in [9.17, 15) is 53.4 Å². The van der Waals surface area contributed by atoms with Crippen LogP contribution in [-0.2, 0) is 67.9 Å². The summed E-state index contributed by atoms with van der Waals surface area (Å²) in [5.74, 6) is -2.40. The lowest BCUT2D eigenvalue weighted by atomic mass is 10.3. The number of hydrogen-bond acceptors (Lipinski definition) is 14. The predicted octanol–water partition coefficient (Wildman–Crippen LogP) is -4.43. The maximum atomic E-state index is 13.1. The van der Waals surface area contributed by atoms with E-state index < -0.39 is 124 Å². The molecule has 2 heterocycles. The molecule has 0 aromatic carbocycles. The van der Waals surface area contributed by atoms with Gasteiger partial charge in [-0.1, -0.05) is 13.3 Å². The third kappa shape index (κ3) is 9.57. The van der Waals surface area contributed by atoms with Gasteiger partial charge in [0.2, 0.25) is 0 Å². The molecule has 46 heavy (non-hydrogen) atoms. The van der Waals surface area contributed by atoms with E-state index in [1.165, 1.54) is 0 Å². The zero-order valence-corrected chi connectivity index (χ0v) is 25.6. The predicted molar refractivity (Wildman–Crippen MR) is 155 cm³/mol. The molecule has 0 atom stereocenters. The summed E-state index contributed by atoms with van der Waals surface area (Å²) in [5.41, 5.74) is -6.53. The number of rotatable bonds is 19.